The normalized spacial score (nSPS) is 18.5. The van der Waals surface area contributed by atoms with Crippen molar-refractivity contribution in [3.8, 4) is 0 Å². The van der Waals surface area contributed by atoms with Crippen LogP contribution in [0.2, 0.25) is 0 Å². The minimum absolute atomic E-state index is 0.000685. The number of hydrogen-bond acceptors (Lipinski definition) is 2. The third-order valence-electron chi connectivity index (χ3n) is 6.04. The van der Waals surface area contributed by atoms with E-state index < -0.39 is 5.41 Å². The molecule has 146 valence electrons. The van der Waals surface area contributed by atoms with Crippen LogP contribution in [0, 0.1) is 5.82 Å². The van der Waals surface area contributed by atoms with Gasteiger partial charge in [0.2, 0.25) is 11.8 Å². The lowest BCUT2D eigenvalue weighted by atomic mass is 9.78. The Labute approximate surface area is 164 Å². The summed E-state index contributed by atoms with van der Waals surface area (Å²) in [5.41, 5.74) is 2.18. The van der Waals surface area contributed by atoms with Gasteiger partial charge in [-0.05, 0) is 54.7 Å². The van der Waals surface area contributed by atoms with Crippen LogP contribution in [0.5, 0.6) is 0 Å². The zero-order valence-electron chi connectivity index (χ0n) is 15.9. The van der Waals surface area contributed by atoms with Gasteiger partial charge >= 0.3 is 0 Å². The van der Waals surface area contributed by atoms with Crippen molar-refractivity contribution < 1.29 is 14.0 Å². The van der Waals surface area contributed by atoms with E-state index in [1.807, 2.05) is 29.2 Å². The lowest BCUT2D eigenvalue weighted by Gasteiger charge is -2.28. The van der Waals surface area contributed by atoms with Crippen LogP contribution in [0.15, 0.2) is 48.5 Å². The third-order valence-corrected chi connectivity index (χ3v) is 6.04. The van der Waals surface area contributed by atoms with Gasteiger partial charge in [0.1, 0.15) is 5.82 Å². The molecular weight excluding hydrogens is 355 g/mol. The van der Waals surface area contributed by atoms with Gasteiger partial charge in [-0.1, -0.05) is 37.1 Å². The van der Waals surface area contributed by atoms with Crippen LogP contribution in [0.4, 0.5) is 10.1 Å². The fraction of sp³-hybridized carbons (Fsp3) is 0.391. The number of amides is 2. The summed E-state index contributed by atoms with van der Waals surface area (Å²) in [5.74, 6) is -0.132. The number of hydrogen-bond donors (Lipinski definition) is 1. The maximum atomic E-state index is 13.3. The molecule has 1 aliphatic carbocycles. The van der Waals surface area contributed by atoms with E-state index in [-0.39, 0.29) is 17.6 Å². The van der Waals surface area contributed by atoms with Crippen LogP contribution in [0.25, 0.3) is 0 Å². The molecule has 28 heavy (non-hydrogen) atoms. The van der Waals surface area contributed by atoms with Gasteiger partial charge in [0, 0.05) is 25.2 Å². The van der Waals surface area contributed by atoms with Gasteiger partial charge < -0.3 is 10.2 Å². The van der Waals surface area contributed by atoms with E-state index >= 15 is 0 Å². The Morgan fingerprint density at radius 2 is 1.82 bits per heavy atom. The SMILES string of the molecule is O=C1CCCN1c1cccc(CNC(=O)C2(c3ccc(F)cc3)CCCC2)c1. The molecule has 1 saturated carbocycles. The van der Waals surface area contributed by atoms with E-state index in [0.29, 0.717) is 13.0 Å². The van der Waals surface area contributed by atoms with Gasteiger partial charge in [-0.25, -0.2) is 4.39 Å². The molecule has 1 N–H and O–H groups in total. The van der Waals surface area contributed by atoms with Gasteiger partial charge in [0.15, 0.2) is 0 Å². The first kappa shape index (κ1) is 18.7. The summed E-state index contributed by atoms with van der Waals surface area (Å²) < 4.78 is 13.3. The first-order chi connectivity index (χ1) is 13.6. The Morgan fingerprint density at radius 3 is 2.50 bits per heavy atom. The Kier molecular flexibility index (Phi) is 5.16. The van der Waals surface area contributed by atoms with E-state index in [1.165, 1.54) is 12.1 Å². The highest BCUT2D eigenvalue weighted by molar-refractivity contribution is 5.95. The summed E-state index contributed by atoms with van der Waals surface area (Å²) in [7, 11) is 0. The van der Waals surface area contributed by atoms with Crippen molar-refractivity contribution in [3.05, 3.63) is 65.5 Å². The Bertz CT molecular complexity index is 872. The molecule has 2 fully saturated rings. The summed E-state index contributed by atoms with van der Waals surface area (Å²) in [6, 6.07) is 14.1. The number of carbonyl (C=O) groups is 2. The number of halogens is 1. The zero-order valence-corrected chi connectivity index (χ0v) is 15.9. The fourth-order valence-corrected chi connectivity index (χ4v) is 4.50. The molecule has 4 nitrogen and oxygen atoms in total. The molecule has 5 heteroatoms. The quantitative estimate of drug-likeness (QED) is 0.850. The summed E-state index contributed by atoms with van der Waals surface area (Å²) in [6.07, 6.45) is 5.05. The van der Waals surface area contributed by atoms with Crippen molar-refractivity contribution in [1.29, 1.82) is 0 Å². The van der Waals surface area contributed by atoms with E-state index in [0.717, 1.165) is 55.5 Å². The van der Waals surface area contributed by atoms with E-state index in [2.05, 4.69) is 5.32 Å². The van der Waals surface area contributed by atoms with Crippen LogP contribution in [0.1, 0.15) is 49.7 Å². The fourth-order valence-electron chi connectivity index (χ4n) is 4.50. The molecule has 2 aromatic rings. The number of nitrogens with zero attached hydrogens (tertiary/aromatic N) is 1. The first-order valence-electron chi connectivity index (χ1n) is 10.0. The summed E-state index contributed by atoms with van der Waals surface area (Å²) >= 11 is 0. The molecule has 0 spiro atoms. The maximum absolute atomic E-state index is 13.3. The lowest BCUT2D eigenvalue weighted by Crippen LogP contribution is -2.42. The van der Waals surface area contributed by atoms with Gasteiger partial charge in [0.25, 0.3) is 0 Å². The van der Waals surface area contributed by atoms with Crippen molar-refractivity contribution in [1.82, 2.24) is 5.32 Å². The number of rotatable bonds is 5. The highest BCUT2D eigenvalue weighted by Gasteiger charge is 2.42. The molecule has 0 bridgehead atoms. The molecule has 0 radical (unpaired) electrons. The van der Waals surface area contributed by atoms with Crippen molar-refractivity contribution in [2.45, 2.75) is 50.5 Å². The second-order valence-electron chi connectivity index (χ2n) is 7.80. The predicted octanol–water partition coefficient (Wildman–Crippen LogP) is 4.08. The molecular formula is C23H25FN2O2. The summed E-state index contributed by atoms with van der Waals surface area (Å²) in [5, 5.41) is 3.09. The minimum atomic E-state index is -0.573. The molecule has 0 atom stereocenters. The van der Waals surface area contributed by atoms with Crippen LogP contribution in [-0.4, -0.2) is 18.4 Å². The minimum Gasteiger partial charge on any atom is -0.351 e. The molecule has 4 rings (SSSR count). The number of benzene rings is 2. The van der Waals surface area contributed by atoms with Crippen LogP contribution in [0.3, 0.4) is 0 Å². The monoisotopic (exact) mass is 380 g/mol. The highest BCUT2D eigenvalue weighted by Crippen LogP contribution is 2.41. The zero-order chi connectivity index (χ0) is 19.6. The van der Waals surface area contributed by atoms with Gasteiger partial charge in [-0.2, -0.15) is 0 Å². The summed E-state index contributed by atoms with van der Waals surface area (Å²) in [6.45, 7) is 1.17. The van der Waals surface area contributed by atoms with Gasteiger partial charge in [-0.15, -0.1) is 0 Å². The molecule has 2 amide bonds. The number of anilines is 1. The van der Waals surface area contributed by atoms with E-state index in [1.54, 1.807) is 12.1 Å². The Balaban J connectivity index is 1.48. The molecule has 0 unspecified atom stereocenters. The molecule has 1 heterocycles. The highest BCUT2D eigenvalue weighted by atomic mass is 19.1. The third kappa shape index (κ3) is 3.53. The molecule has 1 saturated heterocycles. The average Bonchev–Trinajstić information content (AvgIpc) is 3.37. The van der Waals surface area contributed by atoms with E-state index in [9.17, 15) is 14.0 Å². The molecule has 0 aromatic heterocycles. The molecule has 1 aliphatic heterocycles. The lowest BCUT2D eigenvalue weighted by molar-refractivity contribution is -0.126. The van der Waals surface area contributed by atoms with Gasteiger partial charge in [0.05, 0.1) is 5.41 Å². The van der Waals surface area contributed by atoms with Crippen LogP contribution in [-0.2, 0) is 21.5 Å². The van der Waals surface area contributed by atoms with Crippen molar-refractivity contribution in [3.63, 3.8) is 0 Å². The number of nitrogens with one attached hydrogen (secondary N) is 1. The number of carbonyl (C=O) groups excluding carboxylic acids is 2. The standard InChI is InChI=1S/C23H25FN2O2/c24-19-10-8-18(9-11-19)23(12-1-2-13-23)22(28)25-16-17-5-3-6-20(15-17)26-14-4-7-21(26)27/h3,5-6,8-11,15H,1-2,4,7,12-14,16H2,(H,25,28). The maximum Gasteiger partial charge on any atom is 0.230 e. The van der Waals surface area contributed by atoms with Crippen molar-refractivity contribution in [2.24, 2.45) is 0 Å². The second-order valence-corrected chi connectivity index (χ2v) is 7.80. The topological polar surface area (TPSA) is 49.4 Å². The second kappa shape index (κ2) is 7.74. The van der Waals surface area contributed by atoms with E-state index in [4.69, 9.17) is 0 Å². The average molecular weight is 380 g/mol. The smallest absolute Gasteiger partial charge is 0.230 e. The summed E-state index contributed by atoms with van der Waals surface area (Å²) in [4.78, 5) is 26.9. The van der Waals surface area contributed by atoms with Crippen molar-refractivity contribution >= 4 is 17.5 Å². The van der Waals surface area contributed by atoms with Gasteiger partial charge in [-0.3, -0.25) is 9.59 Å². The van der Waals surface area contributed by atoms with Crippen molar-refractivity contribution in [2.75, 3.05) is 11.4 Å². The molecule has 2 aliphatic rings. The predicted molar refractivity (Wildman–Crippen MR) is 106 cm³/mol. The largest absolute Gasteiger partial charge is 0.351 e. The van der Waals surface area contributed by atoms with Crippen LogP contribution < -0.4 is 10.2 Å². The first-order valence-corrected chi connectivity index (χ1v) is 10.0. The molecule has 2 aromatic carbocycles. The Hall–Kier alpha value is -2.69. The Morgan fingerprint density at radius 1 is 1.07 bits per heavy atom. The van der Waals surface area contributed by atoms with Crippen LogP contribution >= 0.6 is 0 Å².